The third kappa shape index (κ3) is 34.2. The Morgan fingerprint density at radius 2 is 0.915 bits per heavy atom. The van der Waals surface area contributed by atoms with Gasteiger partial charge in [-0.3, -0.25) is 43.9 Å². The van der Waals surface area contributed by atoms with E-state index in [1.54, 1.807) is 208 Å². The number of hydrogen-bond acceptors (Lipinski definition) is 19. The van der Waals surface area contributed by atoms with Crippen molar-refractivity contribution >= 4 is 105 Å². The molecule has 1 aliphatic carbocycles. The minimum Gasteiger partial charge on any atom is -0.768 e. The summed E-state index contributed by atoms with van der Waals surface area (Å²) in [6, 6.07) is 83.5. The number of pyridine rings is 4. The molecule has 1 unspecified atom stereocenters. The summed E-state index contributed by atoms with van der Waals surface area (Å²) in [4.78, 5) is 60.4. The van der Waals surface area contributed by atoms with Crippen LogP contribution in [0.4, 0.5) is 48.3 Å². The van der Waals surface area contributed by atoms with Crippen LogP contribution in [0.3, 0.4) is 0 Å². The molecule has 0 amide bonds. The first-order valence-electron chi connectivity index (χ1n) is 37.9. The van der Waals surface area contributed by atoms with Crippen LogP contribution < -0.4 is 0 Å². The number of carbonyl (C=O) groups excluding carboxylic acids is 1. The summed E-state index contributed by atoms with van der Waals surface area (Å²) in [5.74, 6) is 0. The number of alkyl halides is 11. The summed E-state index contributed by atoms with van der Waals surface area (Å²) in [5, 5.41) is 22.6. The van der Waals surface area contributed by atoms with Crippen LogP contribution in [0.15, 0.2) is 405 Å². The Morgan fingerprint density at radius 1 is 0.438 bits per heavy atom. The van der Waals surface area contributed by atoms with E-state index in [0.717, 1.165) is 68.4 Å². The van der Waals surface area contributed by atoms with Crippen LogP contribution in [0.5, 0.6) is 0 Å². The molecular formula is C95H72F11N16O5S3-. The quantitative estimate of drug-likeness (QED) is 0.0837. The van der Waals surface area contributed by atoms with Gasteiger partial charge in [-0.25, -0.2) is 36.5 Å². The molecule has 0 saturated heterocycles. The minimum atomic E-state index is -5.29. The molecule has 0 saturated carbocycles. The summed E-state index contributed by atoms with van der Waals surface area (Å²) in [6.07, 6.45) is 10.8. The lowest BCUT2D eigenvalue weighted by Crippen LogP contribution is -2.15. The zero-order chi connectivity index (χ0) is 93.4. The lowest BCUT2D eigenvalue weighted by molar-refractivity contribution is -0.148. The third-order valence-corrected chi connectivity index (χ3v) is 19.4. The molecule has 1 atom stereocenters. The van der Waals surface area contributed by atoms with E-state index in [1.165, 1.54) is 45.1 Å². The number of benzene rings is 9. The molecule has 9 aromatic heterocycles. The number of sulfone groups is 1. The van der Waals surface area contributed by atoms with Crippen molar-refractivity contribution in [1.82, 2.24) is 69.2 Å². The van der Waals surface area contributed by atoms with Gasteiger partial charge in [-0.15, -0.1) is 0 Å². The molecule has 1 aliphatic heterocycles. The van der Waals surface area contributed by atoms with Gasteiger partial charge in [-0.05, 0) is 204 Å². The highest BCUT2D eigenvalue weighted by molar-refractivity contribution is 7.91. The maximum Gasteiger partial charge on any atom is 0.416 e. The number of halogens is 11. The van der Waals surface area contributed by atoms with Gasteiger partial charge in [-0.2, -0.15) is 50.0 Å². The number of aromatic amines is 3. The van der Waals surface area contributed by atoms with Gasteiger partial charge in [0.1, 0.15) is 18.1 Å². The SMILES string of the molecule is CC(F)F.FC(F)(F)c1cc(C(F)(F)F)cc(C(F)(F)F)c1.N#Cc1cccc(C#N)c1.O=Cc1ccccc1.O=S(=O)(c1ccccc1)c1ccccc1.O=S([O-])c1ccccc1.c1cc2cc3[nH]cnc3cc2[nH]1.c1cc2nccnc2cn1.c1ccc2c3c[nH]ccc-3cc2c1.c1ccc2nccnc2c1.c1cnc2cccnc2c1.c1cncnc1.c1cnsc1. The molecule has 0 radical (unpaired) electrons. The topological polar surface area (TPSA) is 328 Å². The first-order chi connectivity index (χ1) is 62.6. The number of aromatic nitrogens is 14. The third-order valence-electron chi connectivity index (χ3n) is 16.4. The van der Waals surface area contributed by atoms with Gasteiger partial charge in [0.05, 0.1) is 101 Å². The van der Waals surface area contributed by atoms with Gasteiger partial charge in [0.2, 0.25) is 16.3 Å². The number of fused-ring (bicyclic) bond motifs is 8. The normalized spacial score (nSPS) is 10.6. The standard InChI is InChI=1S/C12H9N.C12H10O2S.C9H3F9.C9H7N3.2C8H6N2.C8H4N2.C7H5N3.C7H6O.C6H6O2S.C4H4N2.C3H3NS.C2H4F2/c1-2-4-11-9(3-1)7-10-5-6-13-8-12(10)11;13-15(14,11-7-3-1-4-8-11)12-9-5-2-6-10-12;10-7(11,12)4-1-5(8(13,14)15)3-6(2-4)9(16,17)18;1-2-10-7-4-9-8(3-6(1)7)11-5-12-9;1-3-7-8(9-5-1)4-2-6-10-7;1-2-4-8-7(3-1)9-5-6-10-8;9-5-7-2-1-3-8(4-7)6-10;1-2-8-5-7-6(1)9-3-4-10-7;8-6-7-4-2-1-3-5-7;7-9(8)6-4-2-1-3-5-6;1-2-5-4-6-3-1;1-2-4-5-3-1;1-2(3)4/h1-8,13H;1-10H;1-3H;1-5,10H,(H,11,12);2*1-6H;1-4H;1-5H;1-6H;1-5H,(H,7,8);1-4H;1-3H;2H,1H3/p-1. The number of carbonyl (C=O) groups is 1. The van der Waals surface area contributed by atoms with Crippen molar-refractivity contribution in [2.45, 2.75) is 46.6 Å². The first kappa shape index (κ1) is 99.5. The molecule has 10 heterocycles. The van der Waals surface area contributed by atoms with Crippen LogP contribution in [0.2, 0.25) is 0 Å². The highest BCUT2D eigenvalue weighted by Gasteiger charge is 2.41. The van der Waals surface area contributed by atoms with Crippen molar-refractivity contribution < 1.29 is 70.3 Å². The van der Waals surface area contributed by atoms with Gasteiger partial charge in [0.15, 0.2) is 0 Å². The van der Waals surface area contributed by atoms with E-state index in [9.17, 15) is 70.3 Å². The Kier molecular flexibility index (Phi) is 39.9. The van der Waals surface area contributed by atoms with Crippen LogP contribution in [0.1, 0.15) is 45.1 Å². The Morgan fingerprint density at radius 3 is 1.35 bits per heavy atom. The number of hydrogen-bond donors (Lipinski definition) is 3. The maximum absolute atomic E-state index is 12.2. The van der Waals surface area contributed by atoms with E-state index < -0.39 is 62.6 Å². The molecule has 21 nitrogen and oxygen atoms in total. The summed E-state index contributed by atoms with van der Waals surface area (Å²) in [5.41, 5.74) is 7.15. The van der Waals surface area contributed by atoms with E-state index in [4.69, 9.17) is 10.5 Å². The molecule has 3 N–H and O–H groups in total. The highest BCUT2D eigenvalue weighted by Crippen LogP contribution is 2.41. The molecule has 9 aromatic carbocycles. The smallest absolute Gasteiger partial charge is 0.416 e. The number of nitriles is 2. The predicted molar refractivity (Wildman–Crippen MR) is 476 cm³/mol. The Bertz CT molecular complexity index is 6250. The number of rotatable bonds is 4. The fraction of sp³-hybridized carbons (Fsp3) is 0.0526. The predicted octanol–water partition coefficient (Wildman–Crippen LogP) is 23.6. The summed E-state index contributed by atoms with van der Waals surface area (Å²) < 4.78 is 179. The fourth-order valence-electron chi connectivity index (χ4n) is 10.6. The van der Waals surface area contributed by atoms with Crippen molar-refractivity contribution in [1.29, 1.82) is 10.5 Å². The van der Waals surface area contributed by atoms with Crippen molar-refractivity contribution in [2.24, 2.45) is 0 Å². The van der Waals surface area contributed by atoms with Crippen molar-refractivity contribution in [3.05, 3.63) is 423 Å². The zero-order valence-corrected chi connectivity index (χ0v) is 70.3. The molecule has 35 heteroatoms. The zero-order valence-electron chi connectivity index (χ0n) is 67.8. The molecule has 18 aromatic rings. The van der Waals surface area contributed by atoms with Crippen molar-refractivity contribution in [2.75, 3.05) is 0 Å². The van der Waals surface area contributed by atoms with E-state index in [-0.39, 0.29) is 18.2 Å². The maximum atomic E-state index is 12.2. The van der Waals surface area contributed by atoms with E-state index in [0.29, 0.717) is 25.8 Å². The van der Waals surface area contributed by atoms with E-state index in [1.807, 2.05) is 115 Å². The lowest BCUT2D eigenvalue weighted by atomic mass is 10.0. The lowest BCUT2D eigenvalue weighted by Gasteiger charge is -2.15. The van der Waals surface area contributed by atoms with Gasteiger partial charge in [0.25, 0.3) is 0 Å². The Hall–Kier alpha value is -16.0. The second kappa shape index (κ2) is 52.1. The summed E-state index contributed by atoms with van der Waals surface area (Å²) >= 11 is -0.616. The van der Waals surface area contributed by atoms with E-state index >= 15 is 0 Å². The monoisotopic (exact) mass is 1820 g/mol. The molecule has 0 spiro atoms. The molecule has 0 fully saturated rings. The van der Waals surface area contributed by atoms with Gasteiger partial charge in [-0.1, -0.05) is 127 Å². The molecule has 2 aliphatic rings. The number of nitrogens with zero attached hydrogens (tertiary/aromatic N) is 13. The molecule has 658 valence electrons. The summed E-state index contributed by atoms with van der Waals surface area (Å²) in [7, 11) is -3.34. The van der Waals surface area contributed by atoms with Gasteiger partial charge >= 0.3 is 18.5 Å². The average Bonchev–Trinajstić information content (AvgIpc) is 1.50. The van der Waals surface area contributed by atoms with Crippen molar-refractivity contribution in [3.8, 4) is 23.3 Å². The second-order valence-electron chi connectivity index (χ2n) is 25.5. The molecule has 130 heavy (non-hydrogen) atoms. The summed E-state index contributed by atoms with van der Waals surface area (Å²) in [6.45, 7) is 0.833. The van der Waals surface area contributed by atoms with E-state index in [2.05, 4.69) is 124 Å². The van der Waals surface area contributed by atoms with Gasteiger partial charge in [0, 0.05) is 113 Å². The van der Waals surface area contributed by atoms with Gasteiger partial charge < -0.3 is 19.5 Å². The fourth-order valence-corrected chi connectivity index (χ4v) is 12.6. The van der Waals surface area contributed by atoms with Crippen LogP contribution in [0.25, 0.3) is 76.9 Å². The second-order valence-corrected chi connectivity index (χ2v) is 29.1. The average molecular weight is 1820 g/mol. The number of aldehydes is 1. The molecular weight excluding hydrogens is 1750 g/mol. The first-order valence-corrected chi connectivity index (χ1v) is 41.3. The molecule has 0 bridgehead atoms. The number of para-hydroxylation sites is 2. The Balaban J connectivity index is 0.000000176. The number of imidazole rings is 1. The largest absolute Gasteiger partial charge is 0.768 e. The molecule has 20 rings (SSSR count). The number of H-pyrrole nitrogens is 3. The Labute approximate surface area is 743 Å². The van der Waals surface area contributed by atoms with Crippen molar-refractivity contribution in [3.63, 3.8) is 0 Å². The minimum absolute atomic E-state index is 0.330. The number of nitrogens with one attached hydrogen (secondary N) is 3. The van der Waals surface area contributed by atoms with Crippen LogP contribution in [-0.2, 0) is 39.4 Å². The van der Waals surface area contributed by atoms with Crippen LogP contribution in [-0.4, -0.2) is 99.1 Å². The van der Waals surface area contributed by atoms with Crippen LogP contribution >= 0.6 is 11.5 Å². The van der Waals surface area contributed by atoms with Crippen LogP contribution in [0, 0.1) is 22.7 Å². The highest BCUT2D eigenvalue weighted by atomic mass is 32.2.